The highest BCUT2D eigenvalue weighted by Crippen LogP contribution is 2.43. The molecule has 3 aromatic rings. The molecule has 0 aliphatic heterocycles. The second kappa shape index (κ2) is 6.43. The van der Waals surface area contributed by atoms with Gasteiger partial charge in [0.25, 0.3) is 0 Å². The zero-order valence-electron chi connectivity index (χ0n) is 12.7. The molecular weight excluding hydrogens is 447 g/mol. The van der Waals surface area contributed by atoms with Gasteiger partial charge in [0.2, 0.25) is 0 Å². The van der Waals surface area contributed by atoms with Gasteiger partial charge in [-0.15, -0.1) is 11.3 Å². The van der Waals surface area contributed by atoms with Crippen molar-refractivity contribution in [1.82, 2.24) is 9.78 Å². The summed E-state index contributed by atoms with van der Waals surface area (Å²) in [4.78, 5) is 12.8. The molecule has 0 saturated carbocycles. The molecule has 1 N–H and O–H groups in total. The number of aryl methyl sites for hydroxylation is 1. The Morgan fingerprint density at radius 1 is 1.28 bits per heavy atom. The second-order valence-electron chi connectivity index (χ2n) is 5.75. The Labute approximate surface area is 166 Å². The van der Waals surface area contributed by atoms with Crippen LogP contribution in [0.3, 0.4) is 0 Å². The summed E-state index contributed by atoms with van der Waals surface area (Å²) < 4.78 is 2.65. The Morgan fingerprint density at radius 3 is 2.80 bits per heavy atom. The molecule has 0 unspecified atom stereocenters. The number of carboxylic acids is 1. The lowest BCUT2D eigenvalue weighted by Crippen LogP contribution is -2.04. The molecule has 0 bridgehead atoms. The van der Waals surface area contributed by atoms with E-state index >= 15 is 0 Å². The van der Waals surface area contributed by atoms with Gasteiger partial charge < -0.3 is 5.11 Å². The van der Waals surface area contributed by atoms with Crippen molar-refractivity contribution < 1.29 is 9.90 Å². The molecule has 0 saturated heterocycles. The first-order valence-corrected chi connectivity index (χ1v) is 9.91. The molecule has 0 spiro atoms. The molecule has 1 aromatic carbocycles. The standard InChI is InChI=1S/C17H11BrCl2N2O2S/c18-13-6-8-2-1-3-10-14(17(23)24)21-22(15(10)16(8)25-13)12-5-4-9(19)7-11(12)20/h4-7H,1-3H2,(H,23,24). The minimum Gasteiger partial charge on any atom is -0.476 e. The fourth-order valence-electron chi connectivity index (χ4n) is 3.16. The van der Waals surface area contributed by atoms with E-state index in [1.54, 1.807) is 34.2 Å². The second-order valence-corrected chi connectivity index (χ2v) is 9.02. The number of carbonyl (C=O) groups is 1. The van der Waals surface area contributed by atoms with Crippen LogP contribution in [0.15, 0.2) is 28.1 Å². The van der Waals surface area contributed by atoms with Gasteiger partial charge in [-0.05, 0) is 65.0 Å². The van der Waals surface area contributed by atoms with Crippen molar-refractivity contribution in [3.63, 3.8) is 0 Å². The predicted octanol–water partition coefficient (Wildman–Crippen LogP) is 5.86. The van der Waals surface area contributed by atoms with E-state index in [-0.39, 0.29) is 5.69 Å². The summed E-state index contributed by atoms with van der Waals surface area (Å²) in [5.74, 6) is -1.03. The Kier molecular flexibility index (Phi) is 4.40. The Hall–Kier alpha value is -1.34. The van der Waals surface area contributed by atoms with Gasteiger partial charge in [0, 0.05) is 10.6 Å². The quantitative estimate of drug-likeness (QED) is 0.524. The Morgan fingerprint density at radius 2 is 2.08 bits per heavy atom. The molecular formula is C17H11BrCl2N2O2S. The molecule has 0 atom stereocenters. The van der Waals surface area contributed by atoms with E-state index in [1.807, 2.05) is 0 Å². The van der Waals surface area contributed by atoms with Gasteiger partial charge in [-0.3, -0.25) is 0 Å². The SMILES string of the molecule is O=C(O)c1nn(-c2ccc(Cl)cc2Cl)c2c1CCCc1cc(Br)sc1-2. The minimum absolute atomic E-state index is 0.0818. The Balaban J connectivity index is 2.06. The summed E-state index contributed by atoms with van der Waals surface area (Å²) in [6.45, 7) is 0. The molecule has 8 heteroatoms. The van der Waals surface area contributed by atoms with Crippen molar-refractivity contribution in [1.29, 1.82) is 0 Å². The van der Waals surface area contributed by atoms with Crippen molar-refractivity contribution in [3.8, 4) is 16.3 Å². The number of hydrogen-bond donors (Lipinski definition) is 1. The fraction of sp³-hybridized carbons (Fsp3) is 0.176. The number of carboxylic acid groups (broad SMARTS) is 1. The average Bonchev–Trinajstić information content (AvgIpc) is 3.03. The number of thiophene rings is 1. The lowest BCUT2D eigenvalue weighted by Gasteiger charge is -2.10. The summed E-state index contributed by atoms with van der Waals surface area (Å²) in [6, 6.07) is 7.21. The topological polar surface area (TPSA) is 55.1 Å². The highest BCUT2D eigenvalue weighted by Gasteiger charge is 2.29. The average molecular weight is 458 g/mol. The van der Waals surface area contributed by atoms with Gasteiger partial charge in [-0.2, -0.15) is 5.10 Å². The number of rotatable bonds is 2. The van der Waals surface area contributed by atoms with E-state index in [9.17, 15) is 9.90 Å². The van der Waals surface area contributed by atoms with Crippen molar-refractivity contribution in [3.05, 3.63) is 54.9 Å². The van der Waals surface area contributed by atoms with Crippen LogP contribution >= 0.6 is 50.5 Å². The van der Waals surface area contributed by atoms with Crippen LogP contribution < -0.4 is 0 Å². The van der Waals surface area contributed by atoms with Gasteiger partial charge in [0.05, 0.1) is 25.1 Å². The van der Waals surface area contributed by atoms with Crippen LogP contribution in [-0.2, 0) is 12.8 Å². The highest BCUT2D eigenvalue weighted by atomic mass is 79.9. The Bertz CT molecular complexity index is 1010. The van der Waals surface area contributed by atoms with Crippen LogP contribution in [0.2, 0.25) is 10.0 Å². The number of aromatic carboxylic acids is 1. The van der Waals surface area contributed by atoms with E-state index in [2.05, 4.69) is 27.1 Å². The van der Waals surface area contributed by atoms with E-state index in [0.29, 0.717) is 22.2 Å². The molecule has 1 aliphatic rings. The number of aromatic nitrogens is 2. The number of fused-ring (bicyclic) bond motifs is 3. The van der Waals surface area contributed by atoms with Crippen LogP contribution in [-0.4, -0.2) is 20.9 Å². The van der Waals surface area contributed by atoms with Gasteiger partial charge in [-0.1, -0.05) is 23.2 Å². The van der Waals surface area contributed by atoms with E-state index in [4.69, 9.17) is 23.2 Å². The van der Waals surface area contributed by atoms with Gasteiger partial charge in [0.1, 0.15) is 0 Å². The highest BCUT2D eigenvalue weighted by molar-refractivity contribution is 9.11. The maximum absolute atomic E-state index is 11.8. The van der Waals surface area contributed by atoms with E-state index < -0.39 is 5.97 Å². The third kappa shape index (κ3) is 2.91. The third-order valence-corrected chi connectivity index (χ3v) is 6.42. The normalized spacial score (nSPS) is 13.2. The van der Waals surface area contributed by atoms with Gasteiger partial charge in [-0.25, -0.2) is 9.48 Å². The zero-order valence-corrected chi connectivity index (χ0v) is 16.6. The summed E-state index contributed by atoms with van der Waals surface area (Å²) in [6.07, 6.45) is 2.45. The van der Waals surface area contributed by atoms with Crippen molar-refractivity contribution >= 4 is 56.4 Å². The van der Waals surface area contributed by atoms with Crippen molar-refractivity contribution in [2.75, 3.05) is 0 Å². The number of halogens is 3. The molecule has 4 rings (SSSR count). The predicted molar refractivity (Wildman–Crippen MR) is 104 cm³/mol. The number of nitrogens with zero attached hydrogens (tertiary/aromatic N) is 2. The monoisotopic (exact) mass is 456 g/mol. The van der Waals surface area contributed by atoms with Crippen molar-refractivity contribution in [2.24, 2.45) is 0 Å². The molecule has 2 heterocycles. The first kappa shape index (κ1) is 17.1. The van der Waals surface area contributed by atoms with Crippen LogP contribution in [0.25, 0.3) is 16.3 Å². The fourth-order valence-corrected chi connectivity index (χ4v) is 5.40. The van der Waals surface area contributed by atoms with E-state index in [1.165, 1.54) is 5.56 Å². The lowest BCUT2D eigenvalue weighted by molar-refractivity contribution is 0.0688. The summed E-state index contributed by atoms with van der Waals surface area (Å²) in [7, 11) is 0. The molecule has 1 aliphatic carbocycles. The number of benzene rings is 1. The minimum atomic E-state index is -1.03. The summed E-state index contributed by atoms with van der Waals surface area (Å²) in [5.41, 5.74) is 3.46. The molecule has 2 aromatic heterocycles. The molecule has 0 radical (unpaired) electrons. The van der Waals surface area contributed by atoms with Crippen LogP contribution in [0.5, 0.6) is 0 Å². The number of hydrogen-bond acceptors (Lipinski definition) is 3. The van der Waals surface area contributed by atoms with E-state index in [0.717, 1.165) is 32.8 Å². The summed E-state index contributed by atoms with van der Waals surface area (Å²) >= 11 is 17.5. The maximum atomic E-state index is 11.8. The van der Waals surface area contributed by atoms with Gasteiger partial charge in [0.15, 0.2) is 5.69 Å². The van der Waals surface area contributed by atoms with Crippen LogP contribution in [0, 0.1) is 0 Å². The molecule has 25 heavy (non-hydrogen) atoms. The zero-order chi connectivity index (χ0) is 17.7. The smallest absolute Gasteiger partial charge is 0.356 e. The first-order valence-electron chi connectivity index (χ1n) is 7.55. The summed E-state index contributed by atoms with van der Waals surface area (Å²) in [5, 5.41) is 15.0. The van der Waals surface area contributed by atoms with Crippen molar-refractivity contribution in [2.45, 2.75) is 19.3 Å². The first-order chi connectivity index (χ1) is 12.0. The molecule has 0 fully saturated rings. The third-order valence-electron chi connectivity index (χ3n) is 4.19. The molecule has 4 nitrogen and oxygen atoms in total. The maximum Gasteiger partial charge on any atom is 0.356 e. The molecule has 0 amide bonds. The van der Waals surface area contributed by atoms with Crippen LogP contribution in [0.4, 0.5) is 0 Å². The molecule has 128 valence electrons. The van der Waals surface area contributed by atoms with Crippen LogP contribution in [0.1, 0.15) is 28.0 Å². The largest absolute Gasteiger partial charge is 0.476 e. The lowest BCUT2D eigenvalue weighted by atomic mass is 10.1. The van der Waals surface area contributed by atoms with Gasteiger partial charge >= 0.3 is 5.97 Å².